The smallest absolute Gasteiger partial charge is 0.387 e. The lowest BCUT2D eigenvalue weighted by atomic mass is 10.1. The fourth-order valence-electron chi connectivity index (χ4n) is 1.94. The molecule has 7 heteroatoms. The van der Waals surface area contributed by atoms with Crippen LogP contribution in [0.4, 0.5) is 8.78 Å². The molecular formula is C17H13ClF2O4. The van der Waals surface area contributed by atoms with E-state index in [1.165, 1.54) is 55.7 Å². The van der Waals surface area contributed by atoms with Gasteiger partial charge in [-0.15, -0.1) is 0 Å². The third-order valence-corrected chi connectivity index (χ3v) is 3.33. The summed E-state index contributed by atoms with van der Waals surface area (Å²) in [5.74, 6) is -0.530. The van der Waals surface area contributed by atoms with E-state index in [1.54, 1.807) is 0 Å². The molecule has 0 radical (unpaired) electrons. The van der Waals surface area contributed by atoms with Crippen molar-refractivity contribution < 1.29 is 28.2 Å². The number of carbonyl (C=O) groups is 1. The summed E-state index contributed by atoms with van der Waals surface area (Å²) in [5, 5.41) is 9.73. The van der Waals surface area contributed by atoms with Crippen molar-refractivity contribution in [3.8, 4) is 17.2 Å². The molecule has 0 spiro atoms. The highest BCUT2D eigenvalue weighted by Crippen LogP contribution is 2.35. The summed E-state index contributed by atoms with van der Waals surface area (Å²) >= 11 is 5.86. The zero-order valence-electron chi connectivity index (χ0n) is 12.5. The van der Waals surface area contributed by atoms with Gasteiger partial charge in [0, 0.05) is 5.56 Å². The first-order valence-corrected chi connectivity index (χ1v) is 7.12. The van der Waals surface area contributed by atoms with Gasteiger partial charge in [0.1, 0.15) is 5.75 Å². The van der Waals surface area contributed by atoms with Gasteiger partial charge in [-0.2, -0.15) is 8.78 Å². The van der Waals surface area contributed by atoms with Crippen molar-refractivity contribution in [3.63, 3.8) is 0 Å². The van der Waals surface area contributed by atoms with Gasteiger partial charge in [0.05, 0.1) is 12.1 Å². The number of alkyl halides is 2. The molecule has 0 amide bonds. The van der Waals surface area contributed by atoms with Crippen molar-refractivity contribution in [1.82, 2.24) is 0 Å². The number of allylic oxidation sites excluding steroid dienone is 1. The quantitative estimate of drug-likeness (QED) is 0.610. The number of phenols is 1. The largest absolute Gasteiger partial charge is 0.503 e. The highest BCUT2D eigenvalue weighted by molar-refractivity contribution is 6.32. The Bertz CT molecular complexity index is 775. The minimum atomic E-state index is -2.96. The first-order chi connectivity index (χ1) is 11.4. The zero-order chi connectivity index (χ0) is 17.7. The summed E-state index contributed by atoms with van der Waals surface area (Å²) < 4.78 is 33.6. The molecule has 2 rings (SSSR count). The van der Waals surface area contributed by atoms with E-state index < -0.39 is 12.4 Å². The van der Waals surface area contributed by atoms with Crippen molar-refractivity contribution in [1.29, 1.82) is 0 Å². The van der Waals surface area contributed by atoms with Crippen LogP contribution in [-0.2, 0) is 0 Å². The molecule has 24 heavy (non-hydrogen) atoms. The Hall–Kier alpha value is -2.60. The molecule has 0 saturated carbocycles. The van der Waals surface area contributed by atoms with Crippen LogP contribution < -0.4 is 9.47 Å². The number of carbonyl (C=O) groups excluding carboxylic acids is 1. The van der Waals surface area contributed by atoms with Crippen molar-refractivity contribution in [2.24, 2.45) is 0 Å². The van der Waals surface area contributed by atoms with Gasteiger partial charge in [0.15, 0.2) is 17.3 Å². The maximum atomic E-state index is 12.2. The van der Waals surface area contributed by atoms with E-state index in [2.05, 4.69) is 4.74 Å². The van der Waals surface area contributed by atoms with Crippen LogP contribution in [0.1, 0.15) is 15.9 Å². The molecule has 0 aromatic heterocycles. The van der Waals surface area contributed by atoms with E-state index in [1.807, 2.05) is 0 Å². The summed E-state index contributed by atoms with van der Waals surface area (Å²) in [7, 11) is 1.37. The van der Waals surface area contributed by atoms with E-state index >= 15 is 0 Å². The van der Waals surface area contributed by atoms with E-state index in [0.717, 1.165) is 0 Å². The van der Waals surface area contributed by atoms with E-state index in [9.17, 15) is 18.7 Å². The molecule has 2 aromatic carbocycles. The van der Waals surface area contributed by atoms with Crippen LogP contribution in [0.25, 0.3) is 6.08 Å². The number of rotatable bonds is 6. The molecule has 0 aliphatic carbocycles. The standard InChI is InChI=1S/C17H13ClF2O4/c1-23-15-8-10(7-13(18)16(15)22)5-6-14(21)11-3-2-4-12(9-11)24-17(19)20/h2-9,17,22H,1H3/b6-5+. The second-order valence-corrected chi connectivity index (χ2v) is 5.06. The molecular weight excluding hydrogens is 342 g/mol. The van der Waals surface area contributed by atoms with Gasteiger partial charge < -0.3 is 14.6 Å². The minimum Gasteiger partial charge on any atom is -0.503 e. The fraction of sp³-hybridized carbons (Fsp3) is 0.118. The molecule has 0 saturated heterocycles. The molecule has 2 aromatic rings. The molecule has 0 heterocycles. The summed E-state index contributed by atoms with van der Waals surface area (Å²) in [6.07, 6.45) is 2.72. The summed E-state index contributed by atoms with van der Waals surface area (Å²) in [5.41, 5.74) is 0.726. The molecule has 1 N–H and O–H groups in total. The highest BCUT2D eigenvalue weighted by atomic mass is 35.5. The van der Waals surface area contributed by atoms with E-state index in [4.69, 9.17) is 16.3 Å². The second kappa shape index (κ2) is 7.79. The van der Waals surface area contributed by atoms with Crippen LogP contribution in [0.3, 0.4) is 0 Å². The molecule has 4 nitrogen and oxygen atoms in total. The van der Waals surface area contributed by atoms with Gasteiger partial charge >= 0.3 is 6.61 Å². The number of ketones is 1. The average Bonchev–Trinajstić information content (AvgIpc) is 2.55. The van der Waals surface area contributed by atoms with Crippen LogP contribution >= 0.6 is 11.6 Å². The first-order valence-electron chi connectivity index (χ1n) is 6.74. The lowest BCUT2D eigenvalue weighted by molar-refractivity contribution is -0.0498. The number of hydrogen-bond donors (Lipinski definition) is 1. The van der Waals surface area contributed by atoms with E-state index in [0.29, 0.717) is 5.56 Å². The number of methoxy groups -OCH3 is 1. The molecule has 0 unspecified atom stereocenters. The number of hydrogen-bond acceptors (Lipinski definition) is 4. The fourth-order valence-corrected chi connectivity index (χ4v) is 2.16. The third-order valence-electron chi connectivity index (χ3n) is 3.04. The van der Waals surface area contributed by atoms with Gasteiger partial charge in [-0.3, -0.25) is 4.79 Å². The van der Waals surface area contributed by atoms with Gasteiger partial charge in [-0.25, -0.2) is 0 Å². The van der Waals surface area contributed by atoms with Crippen LogP contribution in [0.5, 0.6) is 17.2 Å². The van der Waals surface area contributed by atoms with Crippen molar-refractivity contribution >= 4 is 23.5 Å². The Labute approximate surface area is 141 Å². The number of phenolic OH excluding ortho intramolecular Hbond substituents is 1. The number of ether oxygens (including phenoxy) is 2. The lowest BCUT2D eigenvalue weighted by Crippen LogP contribution is -2.03. The van der Waals surface area contributed by atoms with Crippen molar-refractivity contribution in [2.45, 2.75) is 6.61 Å². The van der Waals surface area contributed by atoms with Gasteiger partial charge in [-0.05, 0) is 35.9 Å². The maximum Gasteiger partial charge on any atom is 0.387 e. The Balaban J connectivity index is 2.20. The molecule has 0 aliphatic rings. The highest BCUT2D eigenvalue weighted by Gasteiger charge is 2.09. The van der Waals surface area contributed by atoms with Crippen LogP contribution in [0.2, 0.25) is 5.02 Å². The van der Waals surface area contributed by atoms with Crippen LogP contribution in [-0.4, -0.2) is 24.6 Å². The maximum absolute atomic E-state index is 12.2. The summed E-state index contributed by atoms with van der Waals surface area (Å²) in [6, 6.07) is 8.44. The Morgan fingerprint density at radius 1 is 1.29 bits per heavy atom. The number of benzene rings is 2. The Kier molecular flexibility index (Phi) is 5.76. The number of halogens is 3. The first kappa shape index (κ1) is 17.7. The summed E-state index contributed by atoms with van der Waals surface area (Å²) in [4.78, 5) is 12.1. The average molecular weight is 355 g/mol. The molecule has 0 atom stereocenters. The Morgan fingerprint density at radius 2 is 2.04 bits per heavy atom. The molecule has 0 aliphatic heterocycles. The van der Waals surface area contributed by atoms with Gasteiger partial charge in [-0.1, -0.05) is 29.8 Å². The van der Waals surface area contributed by atoms with Crippen LogP contribution in [0.15, 0.2) is 42.5 Å². The van der Waals surface area contributed by atoms with Crippen molar-refractivity contribution in [2.75, 3.05) is 7.11 Å². The summed E-state index contributed by atoms with van der Waals surface area (Å²) in [6.45, 7) is -2.96. The third kappa shape index (κ3) is 4.45. The zero-order valence-corrected chi connectivity index (χ0v) is 13.3. The van der Waals surface area contributed by atoms with E-state index in [-0.39, 0.29) is 27.8 Å². The van der Waals surface area contributed by atoms with Crippen LogP contribution in [0, 0.1) is 0 Å². The topological polar surface area (TPSA) is 55.8 Å². The minimum absolute atomic E-state index is 0.0776. The predicted molar refractivity (Wildman–Crippen MR) is 86.1 cm³/mol. The molecule has 0 fully saturated rings. The Morgan fingerprint density at radius 3 is 2.71 bits per heavy atom. The molecule has 0 bridgehead atoms. The SMILES string of the molecule is COc1cc(/C=C/C(=O)c2cccc(OC(F)F)c2)cc(Cl)c1O. The van der Waals surface area contributed by atoms with Gasteiger partial charge in [0.2, 0.25) is 0 Å². The predicted octanol–water partition coefficient (Wildman–Crippen LogP) is 4.55. The molecule has 126 valence electrons. The monoisotopic (exact) mass is 354 g/mol. The van der Waals surface area contributed by atoms with Gasteiger partial charge in [0.25, 0.3) is 0 Å². The lowest BCUT2D eigenvalue weighted by Gasteiger charge is -2.06. The normalized spacial score (nSPS) is 11.0. The van der Waals surface area contributed by atoms with Crippen molar-refractivity contribution in [3.05, 3.63) is 58.6 Å². The second-order valence-electron chi connectivity index (χ2n) is 4.66. The number of aromatic hydroxyl groups is 1.